The van der Waals surface area contributed by atoms with E-state index < -0.39 is 6.04 Å². The number of aryl methyl sites for hydroxylation is 1. The van der Waals surface area contributed by atoms with Crippen LogP contribution >= 0.6 is 15.9 Å². The van der Waals surface area contributed by atoms with Crippen LogP contribution in [-0.4, -0.2) is 23.9 Å². The summed E-state index contributed by atoms with van der Waals surface area (Å²) in [5.41, 5.74) is 2.12. The van der Waals surface area contributed by atoms with E-state index in [1.165, 1.54) is 0 Å². The van der Waals surface area contributed by atoms with Crippen molar-refractivity contribution in [2.45, 2.75) is 44.2 Å². The minimum Gasteiger partial charge on any atom is -0.352 e. The molecule has 1 saturated carbocycles. The summed E-state index contributed by atoms with van der Waals surface area (Å²) in [4.78, 5) is 25.0. The van der Waals surface area contributed by atoms with E-state index in [4.69, 9.17) is 0 Å². The standard InChI is InChI=1S/C21H23BrN2O2/c22-18-9-5-4-8-16(18)10-13-20(25)24-19(21(26)23-17-11-12-17)14-15-6-2-1-3-7-15/h1-9,17,19H,10-14H2,(H,23,26)(H,24,25). The molecule has 0 radical (unpaired) electrons. The fourth-order valence-electron chi connectivity index (χ4n) is 2.80. The molecule has 0 heterocycles. The molecule has 0 saturated heterocycles. The number of nitrogens with one attached hydrogen (secondary N) is 2. The summed E-state index contributed by atoms with van der Waals surface area (Å²) in [7, 11) is 0. The first-order chi connectivity index (χ1) is 12.6. The molecule has 2 aromatic carbocycles. The summed E-state index contributed by atoms with van der Waals surface area (Å²) >= 11 is 3.50. The number of benzene rings is 2. The molecule has 2 aromatic rings. The molecule has 1 aliphatic rings. The second-order valence-corrected chi connectivity index (χ2v) is 7.54. The fraction of sp³-hybridized carbons (Fsp3) is 0.333. The van der Waals surface area contributed by atoms with Crippen molar-refractivity contribution in [1.82, 2.24) is 10.6 Å². The average molecular weight is 415 g/mol. The number of amides is 2. The number of rotatable bonds is 8. The summed E-state index contributed by atoms with van der Waals surface area (Å²) in [6.07, 6.45) is 3.54. The SMILES string of the molecule is O=C(CCc1ccccc1Br)NC(Cc1ccccc1)C(=O)NC1CC1. The Bertz CT molecular complexity index is 760. The van der Waals surface area contributed by atoms with Crippen LogP contribution in [0.15, 0.2) is 59.1 Å². The Kier molecular flexibility index (Phi) is 6.45. The molecule has 136 valence electrons. The quantitative estimate of drug-likeness (QED) is 0.695. The number of hydrogen-bond acceptors (Lipinski definition) is 2. The Morgan fingerprint density at radius 2 is 1.73 bits per heavy atom. The van der Waals surface area contributed by atoms with Gasteiger partial charge in [0.2, 0.25) is 11.8 Å². The highest BCUT2D eigenvalue weighted by Crippen LogP contribution is 2.19. The second kappa shape index (κ2) is 8.99. The predicted octanol–water partition coefficient (Wildman–Crippen LogP) is 3.39. The van der Waals surface area contributed by atoms with Crippen LogP contribution in [0.4, 0.5) is 0 Å². The number of halogens is 1. The Hall–Kier alpha value is -2.14. The zero-order valence-electron chi connectivity index (χ0n) is 14.6. The van der Waals surface area contributed by atoms with E-state index in [0.717, 1.165) is 28.4 Å². The van der Waals surface area contributed by atoms with Crippen molar-refractivity contribution in [3.63, 3.8) is 0 Å². The topological polar surface area (TPSA) is 58.2 Å². The van der Waals surface area contributed by atoms with Crippen LogP contribution in [0.3, 0.4) is 0 Å². The molecule has 26 heavy (non-hydrogen) atoms. The number of hydrogen-bond donors (Lipinski definition) is 2. The summed E-state index contributed by atoms with van der Waals surface area (Å²) in [6, 6.07) is 17.4. The van der Waals surface area contributed by atoms with Crippen LogP contribution in [-0.2, 0) is 22.4 Å². The third-order valence-corrected chi connectivity index (χ3v) is 5.21. The van der Waals surface area contributed by atoms with Crippen molar-refractivity contribution in [3.8, 4) is 0 Å². The van der Waals surface area contributed by atoms with Crippen LogP contribution in [0.25, 0.3) is 0 Å². The fourth-order valence-corrected chi connectivity index (χ4v) is 3.29. The lowest BCUT2D eigenvalue weighted by Gasteiger charge is -2.19. The lowest BCUT2D eigenvalue weighted by molar-refractivity contribution is -0.129. The highest BCUT2D eigenvalue weighted by atomic mass is 79.9. The van der Waals surface area contributed by atoms with Gasteiger partial charge in [-0.1, -0.05) is 64.5 Å². The molecule has 5 heteroatoms. The highest BCUT2D eigenvalue weighted by Gasteiger charge is 2.28. The van der Waals surface area contributed by atoms with E-state index in [-0.39, 0.29) is 17.9 Å². The maximum atomic E-state index is 12.5. The average Bonchev–Trinajstić information content (AvgIpc) is 3.45. The van der Waals surface area contributed by atoms with Gasteiger partial charge in [-0.25, -0.2) is 0 Å². The maximum absolute atomic E-state index is 12.5. The van der Waals surface area contributed by atoms with E-state index in [1.807, 2.05) is 54.6 Å². The Labute approximate surface area is 162 Å². The minimum atomic E-state index is -0.537. The van der Waals surface area contributed by atoms with Crippen LogP contribution < -0.4 is 10.6 Å². The molecule has 4 nitrogen and oxygen atoms in total. The van der Waals surface area contributed by atoms with E-state index in [1.54, 1.807) is 0 Å². The van der Waals surface area contributed by atoms with Gasteiger partial charge in [-0.15, -0.1) is 0 Å². The first-order valence-electron chi connectivity index (χ1n) is 8.99. The van der Waals surface area contributed by atoms with Gasteiger partial charge >= 0.3 is 0 Å². The molecular formula is C21H23BrN2O2. The first-order valence-corrected chi connectivity index (χ1v) is 9.78. The van der Waals surface area contributed by atoms with Crippen LogP contribution in [0.1, 0.15) is 30.4 Å². The van der Waals surface area contributed by atoms with Crippen molar-refractivity contribution in [3.05, 3.63) is 70.2 Å². The van der Waals surface area contributed by atoms with Crippen LogP contribution in [0, 0.1) is 0 Å². The minimum absolute atomic E-state index is 0.0920. The maximum Gasteiger partial charge on any atom is 0.243 e. The molecular weight excluding hydrogens is 392 g/mol. The summed E-state index contributed by atoms with van der Waals surface area (Å²) in [5, 5.41) is 5.92. The van der Waals surface area contributed by atoms with Crippen LogP contribution in [0.5, 0.6) is 0 Å². The third kappa shape index (κ3) is 5.70. The van der Waals surface area contributed by atoms with Crippen molar-refractivity contribution in [1.29, 1.82) is 0 Å². The van der Waals surface area contributed by atoms with Gasteiger partial charge in [-0.05, 0) is 36.5 Å². The van der Waals surface area contributed by atoms with Crippen molar-refractivity contribution in [2.24, 2.45) is 0 Å². The van der Waals surface area contributed by atoms with Gasteiger partial charge < -0.3 is 10.6 Å². The molecule has 1 aliphatic carbocycles. The number of carbonyl (C=O) groups excluding carboxylic acids is 2. The molecule has 1 fully saturated rings. The van der Waals surface area contributed by atoms with E-state index >= 15 is 0 Å². The highest BCUT2D eigenvalue weighted by molar-refractivity contribution is 9.10. The molecule has 3 rings (SSSR count). The summed E-state index contributed by atoms with van der Waals surface area (Å²) < 4.78 is 1.00. The Morgan fingerprint density at radius 3 is 2.42 bits per heavy atom. The van der Waals surface area contributed by atoms with Gasteiger partial charge in [-0.3, -0.25) is 9.59 Å². The zero-order chi connectivity index (χ0) is 18.4. The van der Waals surface area contributed by atoms with Crippen molar-refractivity contribution in [2.75, 3.05) is 0 Å². The predicted molar refractivity (Wildman–Crippen MR) is 106 cm³/mol. The lowest BCUT2D eigenvalue weighted by atomic mass is 10.0. The molecule has 0 spiro atoms. The first kappa shape index (κ1) is 18.6. The van der Waals surface area contributed by atoms with E-state index in [2.05, 4.69) is 26.6 Å². The lowest BCUT2D eigenvalue weighted by Crippen LogP contribution is -2.48. The van der Waals surface area contributed by atoms with Gasteiger partial charge in [0, 0.05) is 23.4 Å². The zero-order valence-corrected chi connectivity index (χ0v) is 16.2. The van der Waals surface area contributed by atoms with Gasteiger partial charge in [0.25, 0.3) is 0 Å². The van der Waals surface area contributed by atoms with Crippen molar-refractivity contribution < 1.29 is 9.59 Å². The molecule has 0 bridgehead atoms. The van der Waals surface area contributed by atoms with Gasteiger partial charge in [0.15, 0.2) is 0 Å². The van der Waals surface area contributed by atoms with Gasteiger partial charge in [0.05, 0.1) is 0 Å². The summed E-state index contributed by atoms with van der Waals surface area (Å²) in [6.45, 7) is 0. The molecule has 1 unspecified atom stereocenters. The molecule has 2 amide bonds. The smallest absolute Gasteiger partial charge is 0.243 e. The normalized spacial score (nSPS) is 14.5. The van der Waals surface area contributed by atoms with E-state index in [0.29, 0.717) is 19.3 Å². The third-order valence-electron chi connectivity index (χ3n) is 4.44. The second-order valence-electron chi connectivity index (χ2n) is 6.68. The molecule has 2 N–H and O–H groups in total. The largest absolute Gasteiger partial charge is 0.352 e. The number of carbonyl (C=O) groups is 2. The Balaban J connectivity index is 1.59. The molecule has 0 aliphatic heterocycles. The Morgan fingerprint density at radius 1 is 1.04 bits per heavy atom. The van der Waals surface area contributed by atoms with Gasteiger partial charge in [0.1, 0.15) is 6.04 Å². The van der Waals surface area contributed by atoms with Crippen molar-refractivity contribution >= 4 is 27.7 Å². The monoisotopic (exact) mass is 414 g/mol. The van der Waals surface area contributed by atoms with E-state index in [9.17, 15) is 9.59 Å². The van der Waals surface area contributed by atoms with Gasteiger partial charge in [-0.2, -0.15) is 0 Å². The molecule has 0 aromatic heterocycles. The molecule has 1 atom stereocenters. The summed E-state index contributed by atoms with van der Waals surface area (Å²) in [5.74, 6) is -0.196. The van der Waals surface area contributed by atoms with Crippen LogP contribution in [0.2, 0.25) is 0 Å².